The Kier molecular flexibility index (Phi) is 3.77. The molecule has 0 fully saturated rings. The molecule has 70 valence electrons. The monoisotopic (exact) mass is 196 g/mol. The van der Waals surface area contributed by atoms with Crippen molar-refractivity contribution in [3.05, 3.63) is 5.82 Å². The van der Waals surface area contributed by atoms with Crippen LogP contribution in [0.1, 0.15) is 18.7 Å². The van der Waals surface area contributed by atoms with Gasteiger partial charge < -0.3 is 4.57 Å². The minimum atomic E-state index is 0.615. The Morgan fingerprint density at radius 2 is 2.31 bits per heavy atom. The minimum absolute atomic E-state index is 0.615. The largest absolute Gasteiger partial charge is 0.309 e. The van der Waals surface area contributed by atoms with Crippen LogP contribution in [0.25, 0.3) is 0 Å². The molecule has 0 amide bonds. The van der Waals surface area contributed by atoms with Crippen LogP contribution in [0.4, 0.5) is 0 Å². The zero-order chi connectivity index (χ0) is 9.68. The molecule has 1 aromatic heterocycles. The first-order valence-corrected chi connectivity index (χ1v) is 5.10. The number of thioether (sulfide) groups is 1. The van der Waals surface area contributed by atoms with Gasteiger partial charge in [0.2, 0.25) is 0 Å². The second-order valence-electron chi connectivity index (χ2n) is 2.70. The van der Waals surface area contributed by atoms with Crippen molar-refractivity contribution in [1.82, 2.24) is 14.8 Å². The van der Waals surface area contributed by atoms with Crippen molar-refractivity contribution in [2.24, 2.45) is 7.05 Å². The number of aromatic nitrogens is 3. The molecule has 0 spiro atoms. The lowest BCUT2D eigenvalue weighted by atomic mass is 10.4. The Morgan fingerprint density at radius 3 is 2.85 bits per heavy atom. The number of hydrogen-bond acceptors (Lipinski definition) is 4. The summed E-state index contributed by atoms with van der Waals surface area (Å²) in [5.41, 5.74) is 0. The first kappa shape index (κ1) is 10.1. The number of unbranched alkanes of at least 4 members (excludes halogenated alkanes) is 1. The Morgan fingerprint density at radius 1 is 1.54 bits per heavy atom. The predicted octanol–water partition coefficient (Wildman–Crippen LogP) is 1.52. The lowest BCUT2D eigenvalue weighted by molar-refractivity contribution is 0.764. The molecule has 0 unspecified atom stereocenters. The molecule has 0 saturated heterocycles. The molecule has 0 aliphatic rings. The molecule has 1 aromatic rings. The summed E-state index contributed by atoms with van der Waals surface area (Å²) in [6.45, 7) is 1.92. The fraction of sp³-hybridized carbons (Fsp3) is 0.625. The quantitative estimate of drug-likeness (QED) is 0.541. The first-order chi connectivity index (χ1) is 6.25. The van der Waals surface area contributed by atoms with Gasteiger partial charge in [-0.3, -0.25) is 0 Å². The molecule has 0 aliphatic carbocycles. The molecule has 0 saturated carbocycles. The summed E-state index contributed by atoms with van der Waals surface area (Å²) >= 11 is 1.65. The maximum Gasteiger partial charge on any atom is 0.190 e. The van der Waals surface area contributed by atoms with E-state index in [1.165, 1.54) is 0 Å². The highest BCUT2D eigenvalue weighted by Gasteiger charge is 2.03. The molecule has 0 N–H and O–H groups in total. The Bertz CT molecular complexity index is 312. The van der Waals surface area contributed by atoms with E-state index >= 15 is 0 Å². The Hall–Kier alpha value is -1.02. The van der Waals surface area contributed by atoms with Gasteiger partial charge in [-0.2, -0.15) is 5.26 Å². The molecular weight excluding hydrogens is 184 g/mol. The normalized spacial score (nSPS) is 9.92. The van der Waals surface area contributed by atoms with Crippen LogP contribution in [0, 0.1) is 18.3 Å². The van der Waals surface area contributed by atoms with Gasteiger partial charge in [-0.15, -0.1) is 10.2 Å². The van der Waals surface area contributed by atoms with Crippen LogP contribution in [-0.2, 0) is 7.05 Å². The zero-order valence-electron chi connectivity index (χ0n) is 7.82. The third-order valence-electron chi connectivity index (χ3n) is 1.72. The number of nitrogens with zero attached hydrogens (tertiary/aromatic N) is 4. The van der Waals surface area contributed by atoms with Crippen LogP contribution in [0.5, 0.6) is 0 Å². The van der Waals surface area contributed by atoms with Gasteiger partial charge >= 0.3 is 0 Å². The zero-order valence-corrected chi connectivity index (χ0v) is 8.63. The van der Waals surface area contributed by atoms with Gasteiger partial charge in [0, 0.05) is 19.2 Å². The second kappa shape index (κ2) is 4.87. The van der Waals surface area contributed by atoms with Crippen molar-refractivity contribution in [3.8, 4) is 6.07 Å². The fourth-order valence-electron chi connectivity index (χ4n) is 0.828. The first-order valence-electron chi connectivity index (χ1n) is 4.11. The van der Waals surface area contributed by atoms with Crippen molar-refractivity contribution < 1.29 is 0 Å². The van der Waals surface area contributed by atoms with Crippen molar-refractivity contribution in [1.29, 1.82) is 5.26 Å². The average molecular weight is 196 g/mol. The molecule has 0 atom stereocenters. The van der Waals surface area contributed by atoms with Gasteiger partial charge in [0.05, 0.1) is 6.07 Å². The van der Waals surface area contributed by atoms with Crippen LogP contribution in [0.15, 0.2) is 5.16 Å². The number of aryl methyl sites for hydroxylation is 1. The van der Waals surface area contributed by atoms with E-state index < -0.39 is 0 Å². The molecule has 0 bridgehead atoms. The van der Waals surface area contributed by atoms with Gasteiger partial charge in [-0.1, -0.05) is 11.8 Å². The van der Waals surface area contributed by atoms with Gasteiger partial charge in [0.1, 0.15) is 5.82 Å². The molecule has 1 rings (SSSR count). The highest BCUT2D eigenvalue weighted by Crippen LogP contribution is 2.16. The van der Waals surface area contributed by atoms with Crippen LogP contribution in [0.3, 0.4) is 0 Å². The van der Waals surface area contributed by atoms with Crippen LogP contribution < -0.4 is 0 Å². The maximum absolute atomic E-state index is 8.33. The summed E-state index contributed by atoms with van der Waals surface area (Å²) in [6, 6.07) is 2.12. The standard InChI is InChI=1S/C8H12N4S/c1-7-10-11-8(12(7)2)13-6-4-3-5-9/h3-4,6H2,1-2H3. The minimum Gasteiger partial charge on any atom is -0.309 e. The fourth-order valence-corrected chi connectivity index (χ4v) is 1.72. The Balaban J connectivity index is 2.38. The van der Waals surface area contributed by atoms with Crippen LogP contribution in [-0.4, -0.2) is 20.5 Å². The topological polar surface area (TPSA) is 54.5 Å². The van der Waals surface area contributed by atoms with Crippen molar-refractivity contribution in [2.75, 3.05) is 5.75 Å². The van der Waals surface area contributed by atoms with Gasteiger partial charge in [-0.25, -0.2) is 0 Å². The van der Waals surface area contributed by atoms with E-state index in [1.807, 2.05) is 18.5 Å². The number of rotatable bonds is 4. The molecular formula is C8H12N4S. The average Bonchev–Trinajstić information content (AvgIpc) is 2.43. The molecule has 0 radical (unpaired) electrons. The highest BCUT2D eigenvalue weighted by molar-refractivity contribution is 7.99. The second-order valence-corrected chi connectivity index (χ2v) is 3.76. The molecule has 0 aromatic carbocycles. The van der Waals surface area contributed by atoms with E-state index in [4.69, 9.17) is 5.26 Å². The predicted molar refractivity (Wildman–Crippen MR) is 51.3 cm³/mol. The van der Waals surface area contributed by atoms with E-state index in [0.717, 1.165) is 23.2 Å². The third-order valence-corrected chi connectivity index (χ3v) is 2.82. The van der Waals surface area contributed by atoms with Crippen molar-refractivity contribution in [3.63, 3.8) is 0 Å². The molecule has 13 heavy (non-hydrogen) atoms. The summed E-state index contributed by atoms with van der Waals surface area (Å²) in [5, 5.41) is 17.2. The van der Waals surface area contributed by atoms with Gasteiger partial charge in [0.25, 0.3) is 0 Å². The third kappa shape index (κ3) is 2.74. The van der Waals surface area contributed by atoms with E-state index in [1.54, 1.807) is 11.8 Å². The summed E-state index contributed by atoms with van der Waals surface area (Å²) < 4.78 is 1.96. The molecule has 4 nitrogen and oxygen atoms in total. The molecule has 5 heteroatoms. The smallest absolute Gasteiger partial charge is 0.190 e. The van der Waals surface area contributed by atoms with Crippen LogP contribution in [0.2, 0.25) is 0 Å². The molecule has 1 heterocycles. The van der Waals surface area contributed by atoms with Crippen LogP contribution >= 0.6 is 11.8 Å². The van der Waals surface area contributed by atoms with Gasteiger partial charge in [-0.05, 0) is 13.3 Å². The van der Waals surface area contributed by atoms with Crippen molar-refractivity contribution in [2.45, 2.75) is 24.9 Å². The van der Waals surface area contributed by atoms with Gasteiger partial charge in [0.15, 0.2) is 5.16 Å². The van der Waals surface area contributed by atoms with Crippen molar-refractivity contribution >= 4 is 11.8 Å². The summed E-state index contributed by atoms with van der Waals surface area (Å²) in [7, 11) is 1.95. The highest BCUT2D eigenvalue weighted by atomic mass is 32.2. The number of hydrogen-bond donors (Lipinski definition) is 0. The maximum atomic E-state index is 8.33. The number of nitriles is 1. The SMILES string of the molecule is Cc1nnc(SCCCC#N)n1C. The summed E-state index contributed by atoms with van der Waals surface area (Å²) in [5.74, 6) is 1.85. The molecule has 0 aliphatic heterocycles. The lowest BCUT2D eigenvalue weighted by Gasteiger charge is -1.98. The summed E-state index contributed by atoms with van der Waals surface area (Å²) in [4.78, 5) is 0. The van der Waals surface area contributed by atoms with E-state index in [0.29, 0.717) is 6.42 Å². The van der Waals surface area contributed by atoms with E-state index in [9.17, 15) is 0 Å². The summed E-state index contributed by atoms with van der Waals surface area (Å²) in [6.07, 6.45) is 1.52. The van der Waals surface area contributed by atoms with E-state index in [-0.39, 0.29) is 0 Å². The van der Waals surface area contributed by atoms with E-state index in [2.05, 4.69) is 16.3 Å². The Labute approximate surface area is 82.0 Å². The lowest BCUT2D eigenvalue weighted by Crippen LogP contribution is -1.94.